The van der Waals surface area contributed by atoms with Gasteiger partial charge in [-0.3, -0.25) is 14.5 Å². The van der Waals surface area contributed by atoms with Crippen LogP contribution in [0.4, 0.5) is 0 Å². The number of β-lactam (4-membered cyclic amide) rings is 1. The van der Waals surface area contributed by atoms with Gasteiger partial charge in [0.15, 0.2) is 0 Å². The molecule has 2 heterocycles. The Kier molecular flexibility index (Phi) is 4.07. The van der Waals surface area contributed by atoms with Crippen molar-refractivity contribution in [2.45, 2.75) is 43.2 Å². The third-order valence-corrected chi connectivity index (χ3v) is 6.48. The van der Waals surface area contributed by atoms with Crippen LogP contribution in [0.15, 0.2) is 30.3 Å². The summed E-state index contributed by atoms with van der Waals surface area (Å²) in [6.07, 6.45) is 0.463. The zero-order valence-electron chi connectivity index (χ0n) is 13.8. The molecule has 128 valence electrons. The predicted molar refractivity (Wildman–Crippen MR) is 89.6 cm³/mol. The normalized spacial score (nSPS) is 30.3. The van der Waals surface area contributed by atoms with Gasteiger partial charge in [-0.25, -0.2) is 4.79 Å². The molecule has 2 amide bonds. The second kappa shape index (κ2) is 5.81. The fourth-order valence-electron chi connectivity index (χ4n) is 3.36. The van der Waals surface area contributed by atoms with Gasteiger partial charge in [0.1, 0.15) is 6.61 Å². The second-order valence-electron chi connectivity index (χ2n) is 6.55. The van der Waals surface area contributed by atoms with Gasteiger partial charge in [-0.2, -0.15) is 0 Å². The van der Waals surface area contributed by atoms with E-state index in [4.69, 9.17) is 4.74 Å². The van der Waals surface area contributed by atoms with Crippen molar-refractivity contribution in [1.82, 2.24) is 10.2 Å². The summed E-state index contributed by atoms with van der Waals surface area (Å²) in [6, 6.07) is 9.29. The lowest BCUT2D eigenvalue weighted by molar-refractivity contribution is -0.181. The van der Waals surface area contributed by atoms with E-state index < -0.39 is 16.4 Å². The summed E-state index contributed by atoms with van der Waals surface area (Å²) in [6.45, 7) is 5.61. The molecule has 6 nitrogen and oxygen atoms in total. The fraction of sp³-hybridized carbons (Fsp3) is 0.471. The zero-order chi connectivity index (χ0) is 17.5. The molecular formula is C17H20N2O4S. The zero-order valence-corrected chi connectivity index (χ0v) is 14.6. The first-order valence-corrected chi connectivity index (χ1v) is 8.66. The summed E-state index contributed by atoms with van der Waals surface area (Å²) < 4.78 is 4.77. The Bertz CT molecular complexity index is 678. The van der Waals surface area contributed by atoms with Gasteiger partial charge in [0.25, 0.3) is 0 Å². The summed E-state index contributed by atoms with van der Waals surface area (Å²) in [5.41, 5.74) is -0.641. The van der Waals surface area contributed by atoms with Gasteiger partial charge in [-0.05, 0) is 19.4 Å². The molecule has 2 saturated heterocycles. The van der Waals surface area contributed by atoms with Crippen LogP contribution >= 0.6 is 11.8 Å². The minimum atomic E-state index is -1.48. The third kappa shape index (κ3) is 2.22. The van der Waals surface area contributed by atoms with Crippen molar-refractivity contribution < 1.29 is 19.1 Å². The quantitative estimate of drug-likeness (QED) is 0.496. The third-order valence-electron chi connectivity index (χ3n) is 4.73. The maximum absolute atomic E-state index is 12.9. The molecule has 7 heteroatoms. The van der Waals surface area contributed by atoms with E-state index in [0.29, 0.717) is 6.41 Å². The van der Waals surface area contributed by atoms with Crippen LogP contribution in [0.2, 0.25) is 0 Å². The number of rotatable bonds is 5. The van der Waals surface area contributed by atoms with Gasteiger partial charge in [-0.1, -0.05) is 37.3 Å². The number of benzene rings is 1. The summed E-state index contributed by atoms with van der Waals surface area (Å²) in [4.78, 5) is 38.0. The van der Waals surface area contributed by atoms with Gasteiger partial charge in [0.2, 0.25) is 18.0 Å². The topological polar surface area (TPSA) is 75.7 Å². The molecular weight excluding hydrogens is 328 g/mol. The van der Waals surface area contributed by atoms with Gasteiger partial charge in [-0.15, -0.1) is 11.8 Å². The molecule has 1 aromatic rings. The molecule has 0 aromatic heterocycles. The summed E-state index contributed by atoms with van der Waals surface area (Å²) in [7, 11) is 0. The Labute approximate surface area is 144 Å². The fourth-order valence-corrected chi connectivity index (χ4v) is 5.06. The molecule has 2 aliphatic heterocycles. The molecule has 1 N–H and O–H groups in total. The van der Waals surface area contributed by atoms with E-state index in [1.807, 2.05) is 51.1 Å². The van der Waals surface area contributed by atoms with E-state index in [9.17, 15) is 14.4 Å². The Balaban J connectivity index is 1.88. The van der Waals surface area contributed by atoms with Crippen molar-refractivity contribution in [1.29, 1.82) is 0 Å². The number of esters is 1. The number of carbonyl (C=O) groups is 3. The number of amides is 2. The number of nitrogens with one attached hydrogen (secondary N) is 1. The van der Waals surface area contributed by atoms with Crippen LogP contribution in [-0.4, -0.2) is 39.0 Å². The van der Waals surface area contributed by atoms with E-state index in [0.717, 1.165) is 5.56 Å². The standard InChI is InChI=1S/C17H20N2O4S/c1-11-13(21)19-14(11)24-16(2,3)17(19,18-10-20)15(22)23-9-12-7-5-4-6-8-12/h4-8,10-11,14H,9H2,1-3H3,(H,18,20)/t11-,14-,17+/m1/s1. The number of carbonyl (C=O) groups excluding carboxylic acids is 3. The molecule has 0 radical (unpaired) electrons. The van der Waals surface area contributed by atoms with Gasteiger partial charge in [0, 0.05) is 0 Å². The van der Waals surface area contributed by atoms with Gasteiger partial charge in [0.05, 0.1) is 16.0 Å². The molecule has 1 aromatic carbocycles. The van der Waals surface area contributed by atoms with E-state index in [-0.39, 0.29) is 23.8 Å². The van der Waals surface area contributed by atoms with Crippen molar-refractivity contribution in [3.05, 3.63) is 35.9 Å². The summed E-state index contributed by atoms with van der Waals surface area (Å²) in [5, 5.41) is 2.46. The molecule has 24 heavy (non-hydrogen) atoms. The minimum absolute atomic E-state index is 0.0883. The Morgan fingerprint density at radius 2 is 2.04 bits per heavy atom. The maximum atomic E-state index is 12.9. The highest BCUT2D eigenvalue weighted by Crippen LogP contribution is 2.57. The number of nitrogens with zero attached hydrogens (tertiary/aromatic N) is 1. The van der Waals surface area contributed by atoms with E-state index in [1.165, 1.54) is 16.7 Å². The van der Waals surface area contributed by atoms with Crippen LogP contribution in [-0.2, 0) is 25.7 Å². The van der Waals surface area contributed by atoms with Crippen molar-refractivity contribution in [3.8, 4) is 0 Å². The number of fused-ring (bicyclic) bond motifs is 1. The van der Waals surface area contributed by atoms with Crippen LogP contribution in [0.1, 0.15) is 26.3 Å². The molecule has 0 unspecified atom stereocenters. The molecule has 3 atom stereocenters. The highest BCUT2D eigenvalue weighted by Gasteiger charge is 2.72. The van der Waals surface area contributed by atoms with Crippen molar-refractivity contribution in [3.63, 3.8) is 0 Å². The summed E-state index contributed by atoms with van der Waals surface area (Å²) in [5.74, 6) is -0.936. The molecule has 3 rings (SSSR count). The number of ether oxygens (including phenoxy) is 1. The smallest absolute Gasteiger partial charge is 0.355 e. The van der Waals surface area contributed by atoms with E-state index in [2.05, 4.69) is 5.32 Å². The Hall–Kier alpha value is -2.02. The monoisotopic (exact) mass is 348 g/mol. The van der Waals surface area contributed by atoms with Crippen molar-refractivity contribution in [2.75, 3.05) is 0 Å². The first-order valence-electron chi connectivity index (χ1n) is 7.78. The number of hydrogen-bond acceptors (Lipinski definition) is 5. The lowest BCUT2D eigenvalue weighted by Crippen LogP contribution is -2.76. The highest BCUT2D eigenvalue weighted by molar-refractivity contribution is 8.01. The Morgan fingerprint density at radius 3 is 2.67 bits per heavy atom. The lowest BCUT2D eigenvalue weighted by atomic mass is 9.87. The van der Waals surface area contributed by atoms with Crippen LogP contribution in [0.3, 0.4) is 0 Å². The molecule has 0 bridgehead atoms. The SMILES string of the molecule is C[C@@H]1C(=O)N2[C@@H]1SC(C)(C)[C@]2(NC=O)C(=O)OCc1ccccc1. The predicted octanol–water partition coefficient (Wildman–Crippen LogP) is 1.50. The first-order chi connectivity index (χ1) is 11.3. The first kappa shape index (κ1) is 16.8. The largest absolute Gasteiger partial charge is 0.458 e. The molecule has 2 fully saturated rings. The van der Waals surface area contributed by atoms with Gasteiger partial charge < -0.3 is 10.1 Å². The van der Waals surface area contributed by atoms with Gasteiger partial charge >= 0.3 is 5.97 Å². The van der Waals surface area contributed by atoms with Crippen molar-refractivity contribution >= 4 is 30.0 Å². The average Bonchev–Trinajstić information content (AvgIpc) is 2.79. The number of thioether (sulfide) groups is 1. The Morgan fingerprint density at radius 1 is 1.38 bits per heavy atom. The second-order valence-corrected chi connectivity index (χ2v) is 8.29. The highest BCUT2D eigenvalue weighted by atomic mass is 32.2. The van der Waals surface area contributed by atoms with Crippen LogP contribution in [0, 0.1) is 5.92 Å². The van der Waals surface area contributed by atoms with Crippen LogP contribution in [0.25, 0.3) is 0 Å². The minimum Gasteiger partial charge on any atom is -0.458 e. The summed E-state index contributed by atoms with van der Waals surface area (Å²) >= 11 is 1.51. The molecule has 0 spiro atoms. The lowest BCUT2D eigenvalue weighted by Gasteiger charge is -2.49. The van der Waals surface area contributed by atoms with E-state index >= 15 is 0 Å². The average molecular weight is 348 g/mol. The van der Waals surface area contributed by atoms with Crippen molar-refractivity contribution in [2.24, 2.45) is 5.92 Å². The molecule has 0 saturated carbocycles. The molecule has 0 aliphatic carbocycles. The molecule has 2 aliphatic rings. The van der Waals surface area contributed by atoms with Crippen LogP contribution in [0.5, 0.6) is 0 Å². The van der Waals surface area contributed by atoms with Crippen LogP contribution < -0.4 is 5.32 Å². The van der Waals surface area contributed by atoms with E-state index in [1.54, 1.807) is 0 Å². The number of hydrogen-bond donors (Lipinski definition) is 1. The maximum Gasteiger partial charge on any atom is 0.355 e.